The lowest BCUT2D eigenvalue weighted by Gasteiger charge is -2.00. The molecule has 0 unspecified atom stereocenters. The third-order valence-electron chi connectivity index (χ3n) is 2.59. The van der Waals surface area contributed by atoms with Crippen LogP contribution >= 0.6 is 0 Å². The van der Waals surface area contributed by atoms with E-state index in [0.29, 0.717) is 12.1 Å². The molecule has 17 heavy (non-hydrogen) atoms. The molecule has 1 aromatic carbocycles. The van der Waals surface area contributed by atoms with Gasteiger partial charge < -0.3 is 4.98 Å². The number of hydrogen-bond acceptors (Lipinski definition) is 3. The number of rotatable bonds is 2. The zero-order valence-corrected chi connectivity index (χ0v) is 8.97. The van der Waals surface area contributed by atoms with E-state index in [2.05, 4.69) is 20.2 Å². The summed E-state index contributed by atoms with van der Waals surface area (Å²) in [4.78, 5) is 19.0. The largest absolute Gasteiger partial charge is 0.319 e. The fraction of sp³-hybridized carbons (Fsp3) is 0.0833. The van der Waals surface area contributed by atoms with Gasteiger partial charge in [-0.2, -0.15) is 5.10 Å². The Labute approximate surface area is 96.5 Å². The van der Waals surface area contributed by atoms with Crippen molar-refractivity contribution in [1.29, 1.82) is 0 Å². The van der Waals surface area contributed by atoms with Crippen molar-refractivity contribution in [2.75, 3.05) is 0 Å². The van der Waals surface area contributed by atoms with Crippen LogP contribution < -0.4 is 5.56 Å². The van der Waals surface area contributed by atoms with E-state index in [9.17, 15) is 4.79 Å². The standard InChI is InChI=1S/C12H10N4O/c17-12-11(7-8-5-6-13-16-8)14-9-3-1-2-4-10(9)15-12/h1-6H,7H2,(H,13,16)(H,15,17). The average molecular weight is 226 g/mol. The third kappa shape index (κ3) is 1.82. The predicted molar refractivity (Wildman–Crippen MR) is 63.8 cm³/mol. The summed E-state index contributed by atoms with van der Waals surface area (Å²) in [6, 6.07) is 9.31. The van der Waals surface area contributed by atoms with Gasteiger partial charge in [0.1, 0.15) is 5.69 Å². The van der Waals surface area contributed by atoms with Gasteiger partial charge in [0.05, 0.1) is 11.0 Å². The monoisotopic (exact) mass is 226 g/mol. The van der Waals surface area contributed by atoms with Crippen LogP contribution in [-0.2, 0) is 6.42 Å². The van der Waals surface area contributed by atoms with Gasteiger partial charge in [-0.05, 0) is 18.2 Å². The smallest absolute Gasteiger partial charge is 0.270 e. The molecule has 2 heterocycles. The normalized spacial score (nSPS) is 10.8. The number of benzene rings is 1. The van der Waals surface area contributed by atoms with E-state index >= 15 is 0 Å². The summed E-state index contributed by atoms with van der Waals surface area (Å²) in [6.45, 7) is 0. The van der Waals surface area contributed by atoms with Gasteiger partial charge in [-0.1, -0.05) is 12.1 Å². The second-order valence-electron chi connectivity index (χ2n) is 3.79. The lowest BCUT2D eigenvalue weighted by Crippen LogP contribution is -2.15. The molecule has 0 fully saturated rings. The van der Waals surface area contributed by atoms with Gasteiger partial charge in [0, 0.05) is 18.3 Å². The van der Waals surface area contributed by atoms with Crippen molar-refractivity contribution in [2.24, 2.45) is 0 Å². The first kappa shape index (κ1) is 9.77. The molecule has 3 aromatic rings. The summed E-state index contributed by atoms with van der Waals surface area (Å²) in [6.07, 6.45) is 2.12. The summed E-state index contributed by atoms with van der Waals surface area (Å²) < 4.78 is 0. The Hall–Kier alpha value is -2.43. The average Bonchev–Trinajstić information content (AvgIpc) is 2.83. The number of hydrogen-bond donors (Lipinski definition) is 2. The Bertz CT molecular complexity index is 700. The van der Waals surface area contributed by atoms with Gasteiger partial charge in [-0.25, -0.2) is 4.98 Å². The zero-order chi connectivity index (χ0) is 11.7. The molecule has 0 aliphatic carbocycles. The molecule has 3 rings (SSSR count). The molecule has 0 aliphatic rings. The van der Waals surface area contributed by atoms with Crippen LogP contribution in [0.15, 0.2) is 41.3 Å². The predicted octanol–water partition coefficient (Wildman–Crippen LogP) is 1.24. The minimum Gasteiger partial charge on any atom is -0.319 e. The lowest BCUT2D eigenvalue weighted by atomic mass is 10.2. The van der Waals surface area contributed by atoms with E-state index in [1.54, 1.807) is 6.20 Å². The number of aromatic nitrogens is 4. The second-order valence-corrected chi connectivity index (χ2v) is 3.79. The quantitative estimate of drug-likeness (QED) is 0.690. The highest BCUT2D eigenvalue weighted by atomic mass is 16.1. The minimum absolute atomic E-state index is 0.154. The maximum atomic E-state index is 11.8. The maximum Gasteiger partial charge on any atom is 0.270 e. The summed E-state index contributed by atoms with van der Waals surface area (Å²) in [7, 11) is 0. The van der Waals surface area contributed by atoms with E-state index in [-0.39, 0.29) is 5.56 Å². The Morgan fingerprint density at radius 3 is 2.88 bits per heavy atom. The molecule has 0 atom stereocenters. The first-order chi connectivity index (χ1) is 8.33. The van der Waals surface area contributed by atoms with Crippen LogP contribution in [0.25, 0.3) is 11.0 Å². The molecule has 0 bridgehead atoms. The Morgan fingerprint density at radius 1 is 1.18 bits per heavy atom. The summed E-state index contributed by atoms with van der Waals surface area (Å²) in [5, 5.41) is 6.66. The van der Waals surface area contributed by atoms with Gasteiger partial charge in [0.15, 0.2) is 0 Å². The number of aromatic amines is 2. The van der Waals surface area contributed by atoms with Crippen LogP contribution in [0.5, 0.6) is 0 Å². The van der Waals surface area contributed by atoms with Crippen LogP contribution in [0.3, 0.4) is 0 Å². The number of nitrogens with one attached hydrogen (secondary N) is 2. The second kappa shape index (κ2) is 3.86. The highest BCUT2D eigenvalue weighted by Gasteiger charge is 2.06. The summed E-state index contributed by atoms with van der Waals surface area (Å²) in [5.74, 6) is 0. The first-order valence-corrected chi connectivity index (χ1v) is 5.29. The van der Waals surface area contributed by atoms with E-state index in [4.69, 9.17) is 0 Å². The number of fused-ring (bicyclic) bond motifs is 1. The van der Waals surface area contributed by atoms with E-state index in [1.807, 2.05) is 30.3 Å². The molecule has 0 aliphatic heterocycles. The van der Waals surface area contributed by atoms with Crippen molar-refractivity contribution in [3.05, 3.63) is 58.3 Å². The summed E-state index contributed by atoms with van der Waals surface area (Å²) >= 11 is 0. The number of para-hydroxylation sites is 2. The lowest BCUT2D eigenvalue weighted by molar-refractivity contribution is 0.951. The highest BCUT2D eigenvalue weighted by molar-refractivity contribution is 5.73. The van der Waals surface area contributed by atoms with Crippen molar-refractivity contribution < 1.29 is 0 Å². The molecule has 0 radical (unpaired) electrons. The fourth-order valence-corrected chi connectivity index (χ4v) is 1.75. The van der Waals surface area contributed by atoms with Crippen LogP contribution in [0.1, 0.15) is 11.4 Å². The van der Waals surface area contributed by atoms with Gasteiger partial charge in [0.2, 0.25) is 0 Å². The van der Waals surface area contributed by atoms with Crippen molar-refractivity contribution >= 4 is 11.0 Å². The number of H-pyrrole nitrogens is 2. The van der Waals surface area contributed by atoms with Crippen molar-refractivity contribution in [1.82, 2.24) is 20.2 Å². The molecule has 0 saturated carbocycles. The van der Waals surface area contributed by atoms with E-state index < -0.39 is 0 Å². The SMILES string of the molecule is O=c1[nH]c2ccccc2nc1Cc1ccn[nH]1. The van der Waals surface area contributed by atoms with Crippen LogP contribution in [0.2, 0.25) is 0 Å². The third-order valence-corrected chi connectivity index (χ3v) is 2.59. The molecule has 2 aromatic heterocycles. The molecular weight excluding hydrogens is 216 g/mol. The molecule has 0 amide bonds. The molecule has 5 nitrogen and oxygen atoms in total. The number of nitrogens with zero attached hydrogens (tertiary/aromatic N) is 2. The van der Waals surface area contributed by atoms with Gasteiger partial charge in [-0.3, -0.25) is 9.89 Å². The zero-order valence-electron chi connectivity index (χ0n) is 8.97. The van der Waals surface area contributed by atoms with E-state index in [0.717, 1.165) is 16.7 Å². The van der Waals surface area contributed by atoms with Crippen molar-refractivity contribution in [2.45, 2.75) is 6.42 Å². The summed E-state index contributed by atoms with van der Waals surface area (Å²) in [5.41, 5.74) is 2.76. The fourth-order valence-electron chi connectivity index (χ4n) is 1.75. The Morgan fingerprint density at radius 2 is 2.06 bits per heavy atom. The molecule has 84 valence electrons. The van der Waals surface area contributed by atoms with Crippen molar-refractivity contribution in [3.63, 3.8) is 0 Å². The van der Waals surface area contributed by atoms with Gasteiger partial charge >= 0.3 is 0 Å². The minimum atomic E-state index is -0.154. The highest BCUT2D eigenvalue weighted by Crippen LogP contribution is 2.07. The molecule has 5 heteroatoms. The Kier molecular flexibility index (Phi) is 2.22. The van der Waals surface area contributed by atoms with Gasteiger partial charge in [0.25, 0.3) is 5.56 Å². The Balaban J connectivity index is 2.10. The van der Waals surface area contributed by atoms with Crippen LogP contribution in [0, 0.1) is 0 Å². The van der Waals surface area contributed by atoms with Crippen LogP contribution in [-0.4, -0.2) is 20.2 Å². The molecule has 2 N–H and O–H groups in total. The van der Waals surface area contributed by atoms with E-state index in [1.165, 1.54) is 0 Å². The maximum absolute atomic E-state index is 11.8. The van der Waals surface area contributed by atoms with Gasteiger partial charge in [-0.15, -0.1) is 0 Å². The molecular formula is C12H10N4O. The van der Waals surface area contributed by atoms with Crippen LogP contribution in [0.4, 0.5) is 0 Å². The van der Waals surface area contributed by atoms with Crippen molar-refractivity contribution in [3.8, 4) is 0 Å². The first-order valence-electron chi connectivity index (χ1n) is 5.29. The molecule has 0 saturated heterocycles. The molecule has 0 spiro atoms. The topological polar surface area (TPSA) is 74.4 Å².